The fraction of sp³-hybridized carbons (Fsp3) is 0.600. The van der Waals surface area contributed by atoms with E-state index in [1.807, 2.05) is 6.92 Å². The Morgan fingerprint density at radius 3 is 2.89 bits per heavy atom. The first-order valence-corrected chi connectivity index (χ1v) is 5.64. The Labute approximate surface area is 104 Å². The zero-order chi connectivity index (χ0) is 13.3. The molecular weight excluding hydrogens is 238 g/mol. The van der Waals surface area contributed by atoms with Gasteiger partial charge in [-0.05, 0) is 20.9 Å². The summed E-state index contributed by atoms with van der Waals surface area (Å²) in [5.41, 5.74) is 0. The highest BCUT2D eigenvalue weighted by Gasteiger charge is 2.33. The Morgan fingerprint density at radius 1 is 1.50 bits per heavy atom. The number of imide groups is 1. The zero-order valence-corrected chi connectivity index (χ0v) is 10.4. The van der Waals surface area contributed by atoms with E-state index in [1.54, 1.807) is 14.0 Å². The van der Waals surface area contributed by atoms with Crippen molar-refractivity contribution in [3.8, 4) is 0 Å². The summed E-state index contributed by atoms with van der Waals surface area (Å²) in [5, 5.41) is 13.0. The maximum absolute atomic E-state index is 11.5. The maximum Gasteiger partial charge on any atom is 0.319 e. The number of hydrogen-bond acceptors (Lipinski definition) is 7. The molecule has 18 heavy (non-hydrogen) atoms. The minimum absolute atomic E-state index is 0.0302. The molecule has 0 bridgehead atoms. The van der Waals surface area contributed by atoms with Gasteiger partial charge in [0, 0.05) is 0 Å². The summed E-state index contributed by atoms with van der Waals surface area (Å²) >= 11 is 0. The van der Waals surface area contributed by atoms with Gasteiger partial charge in [0.15, 0.2) is 0 Å². The Kier molecular flexibility index (Phi) is 3.28. The first kappa shape index (κ1) is 12.5. The molecule has 1 aromatic heterocycles. The minimum Gasteiger partial charge on any atom is -0.406 e. The van der Waals surface area contributed by atoms with Crippen molar-refractivity contribution >= 4 is 17.8 Å². The second-order valence-electron chi connectivity index (χ2n) is 4.15. The molecule has 2 N–H and O–H groups in total. The van der Waals surface area contributed by atoms with Crippen LogP contribution in [0.15, 0.2) is 4.42 Å². The van der Waals surface area contributed by atoms with Crippen molar-refractivity contribution in [1.82, 2.24) is 20.8 Å². The van der Waals surface area contributed by atoms with E-state index in [4.69, 9.17) is 4.42 Å². The molecule has 2 heterocycles. The van der Waals surface area contributed by atoms with E-state index < -0.39 is 6.04 Å². The molecule has 2 amide bonds. The molecule has 2 unspecified atom stereocenters. The summed E-state index contributed by atoms with van der Waals surface area (Å²) in [6.07, 6.45) is 0. The van der Waals surface area contributed by atoms with E-state index in [1.165, 1.54) is 4.90 Å². The number of aromatic nitrogens is 2. The molecule has 8 heteroatoms. The van der Waals surface area contributed by atoms with Crippen LogP contribution in [0.4, 0.5) is 6.01 Å². The molecule has 8 nitrogen and oxygen atoms in total. The van der Waals surface area contributed by atoms with Crippen molar-refractivity contribution in [1.29, 1.82) is 0 Å². The molecule has 0 spiro atoms. The number of piperazine rings is 1. The first-order chi connectivity index (χ1) is 8.52. The number of carbonyl (C=O) groups is 2. The number of nitrogens with zero attached hydrogens (tertiary/aromatic N) is 3. The third-order valence-electron chi connectivity index (χ3n) is 2.90. The van der Waals surface area contributed by atoms with Crippen molar-refractivity contribution in [2.75, 3.05) is 18.5 Å². The largest absolute Gasteiger partial charge is 0.406 e. The topological polar surface area (TPSA) is 100 Å². The van der Waals surface area contributed by atoms with Crippen LogP contribution < -0.4 is 15.5 Å². The summed E-state index contributed by atoms with van der Waals surface area (Å²) < 4.78 is 5.45. The summed E-state index contributed by atoms with van der Waals surface area (Å²) in [7, 11) is 1.77. The molecule has 1 aliphatic rings. The molecular formula is C10H15N5O3. The standard InChI is InChI=1S/C10H15N5O3/c1-5(11-3)9-13-14-10(18-9)15-4-7(16)12-8(17)6(15)2/h5-6,11H,4H2,1-3H3,(H,12,16,17). The van der Waals surface area contributed by atoms with Crippen molar-refractivity contribution in [2.24, 2.45) is 0 Å². The van der Waals surface area contributed by atoms with Crippen molar-refractivity contribution in [3.63, 3.8) is 0 Å². The molecule has 2 atom stereocenters. The van der Waals surface area contributed by atoms with Crippen LogP contribution >= 0.6 is 0 Å². The van der Waals surface area contributed by atoms with Gasteiger partial charge >= 0.3 is 6.01 Å². The van der Waals surface area contributed by atoms with E-state index in [0.717, 1.165) is 0 Å². The van der Waals surface area contributed by atoms with E-state index in [9.17, 15) is 9.59 Å². The highest BCUT2D eigenvalue weighted by Crippen LogP contribution is 2.20. The van der Waals surface area contributed by atoms with Crippen LogP contribution in [0, 0.1) is 0 Å². The van der Waals surface area contributed by atoms with Crippen molar-refractivity contribution < 1.29 is 14.0 Å². The van der Waals surface area contributed by atoms with Crippen LogP contribution in [-0.4, -0.2) is 41.6 Å². The molecule has 2 rings (SSSR count). The van der Waals surface area contributed by atoms with Crippen LogP contribution in [0.2, 0.25) is 0 Å². The van der Waals surface area contributed by atoms with Gasteiger partial charge in [-0.1, -0.05) is 5.10 Å². The van der Waals surface area contributed by atoms with Gasteiger partial charge < -0.3 is 14.6 Å². The molecule has 0 saturated carbocycles. The molecule has 0 aromatic carbocycles. The van der Waals surface area contributed by atoms with Gasteiger partial charge in [0.2, 0.25) is 17.7 Å². The van der Waals surface area contributed by atoms with Crippen LogP contribution in [0.3, 0.4) is 0 Å². The summed E-state index contributed by atoms with van der Waals surface area (Å²) in [6, 6.07) is -0.417. The lowest BCUT2D eigenvalue weighted by atomic mass is 10.2. The van der Waals surface area contributed by atoms with E-state index in [2.05, 4.69) is 20.8 Å². The van der Waals surface area contributed by atoms with Crippen molar-refractivity contribution in [3.05, 3.63) is 5.89 Å². The average molecular weight is 253 g/mol. The zero-order valence-electron chi connectivity index (χ0n) is 10.4. The third-order valence-corrected chi connectivity index (χ3v) is 2.90. The number of carbonyl (C=O) groups excluding carboxylic acids is 2. The van der Waals surface area contributed by atoms with E-state index in [-0.39, 0.29) is 30.4 Å². The van der Waals surface area contributed by atoms with Crippen LogP contribution in [0.1, 0.15) is 25.8 Å². The fourth-order valence-corrected chi connectivity index (χ4v) is 1.59. The lowest BCUT2D eigenvalue weighted by molar-refractivity contribution is -0.132. The van der Waals surface area contributed by atoms with Gasteiger partial charge in [-0.25, -0.2) is 0 Å². The number of hydrogen-bond donors (Lipinski definition) is 2. The quantitative estimate of drug-likeness (QED) is 0.680. The average Bonchev–Trinajstić information content (AvgIpc) is 2.82. The second kappa shape index (κ2) is 4.73. The molecule has 1 fully saturated rings. The van der Waals surface area contributed by atoms with Gasteiger partial charge in [0.05, 0.1) is 6.04 Å². The maximum atomic E-state index is 11.5. The van der Waals surface area contributed by atoms with E-state index >= 15 is 0 Å². The van der Waals surface area contributed by atoms with Crippen LogP contribution in [0.5, 0.6) is 0 Å². The monoisotopic (exact) mass is 253 g/mol. The highest BCUT2D eigenvalue weighted by atomic mass is 16.4. The minimum atomic E-state index is -0.513. The summed E-state index contributed by atoms with van der Waals surface area (Å²) in [4.78, 5) is 24.3. The van der Waals surface area contributed by atoms with Gasteiger partial charge in [-0.2, -0.15) is 0 Å². The molecule has 1 aliphatic heterocycles. The number of rotatable bonds is 3. The molecule has 98 valence electrons. The number of nitrogens with one attached hydrogen (secondary N) is 2. The smallest absolute Gasteiger partial charge is 0.319 e. The molecule has 1 aromatic rings. The number of amides is 2. The third kappa shape index (κ3) is 2.19. The SMILES string of the molecule is CNC(C)c1nnc(N2CC(=O)NC(=O)C2C)o1. The predicted octanol–water partition coefficient (Wildman–Crippen LogP) is -0.799. The fourth-order valence-electron chi connectivity index (χ4n) is 1.59. The second-order valence-corrected chi connectivity index (χ2v) is 4.15. The Morgan fingerprint density at radius 2 is 2.22 bits per heavy atom. The van der Waals surface area contributed by atoms with Crippen molar-refractivity contribution in [2.45, 2.75) is 25.9 Å². The lowest BCUT2D eigenvalue weighted by Gasteiger charge is -2.29. The Bertz CT molecular complexity index is 472. The van der Waals surface area contributed by atoms with Crippen LogP contribution in [0.25, 0.3) is 0 Å². The normalized spacial score (nSPS) is 21.9. The Hall–Kier alpha value is -1.96. The molecule has 0 aliphatic carbocycles. The van der Waals surface area contributed by atoms with Gasteiger partial charge in [0.25, 0.3) is 0 Å². The number of anilines is 1. The first-order valence-electron chi connectivity index (χ1n) is 5.64. The van der Waals surface area contributed by atoms with Gasteiger partial charge in [-0.15, -0.1) is 5.10 Å². The predicted molar refractivity (Wildman–Crippen MR) is 61.7 cm³/mol. The van der Waals surface area contributed by atoms with E-state index in [0.29, 0.717) is 5.89 Å². The van der Waals surface area contributed by atoms with Crippen LogP contribution in [-0.2, 0) is 9.59 Å². The van der Waals surface area contributed by atoms with Gasteiger partial charge in [-0.3, -0.25) is 14.9 Å². The highest BCUT2D eigenvalue weighted by molar-refractivity contribution is 6.03. The van der Waals surface area contributed by atoms with Gasteiger partial charge in [0.1, 0.15) is 12.6 Å². The Balaban J connectivity index is 2.22. The molecule has 0 radical (unpaired) electrons. The lowest BCUT2D eigenvalue weighted by Crippen LogP contribution is -2.57. The summed E-state index contributed by atoms with van der Waals surface area (Å²) in [6.45, 7) is 3.57. The summed E-state index contributed by atoms with van der Waals surface area (Å²) in [5.74, 6) is -0.328. The molecule has 1 saturated heterocycles.